The molecule has 3 rings (SSSR count). The summed E-state index contributed by atoms with van der Waals surface area (Å²) in [5.41, 5.74) is 2.06. The molecule has 0 bridgehead atoms. The molecule has 0 radical (unpaired) electrons. The van der Waals surface area contributed by atoms with Crippen LogP contribution in [0.15, 0.2) is 54.6 Å². The predicted octanol–water partition coefficient (Wildman–Crippen LogP) is 3.83. The number of ether oxygens (including phenoxy) is 1. The highest BCUT2D eigenvalue weighted by molar-refractivity contribution is 5.85. The first-order valence-corrected chi connectivity index (χ1v) is 8.96. The topological polar surface area (TPSA) is 50.4 Å². The van der Waals surface area contributed by atoms with Crippen molar-refractivity contribution in [1.29, 1.82) is 0 Å². The molecular formula is C21H27ClN2O2. The van der Waals surface area contributed by atoms with E-state index >= 15 is 0 Å². The third-order valence-corrected chi connectivity index (χ3v) is 4.53. The number of carbonyl (C=O) groups excluding carboxylic acids is 1. The molecule has 1 heterocycles. The van der Waals surface area contributed by atoms with Gasteiger partial charge in [0.15, 0.2) is 0 Å². The number of amides is 1. The summed E-state index contributed by atoms with van der Waals surface area (Å²) < 4.78 is 6.13. The van der Waals surface area contributed by atoms with Crippen molar-refractivity contribution < 1.29 is 9.53 Å². The molecule has 1 amide bonds. The van der Waals surface area contributed by atoms with Crippen LogP contribution in [0.2, 0.25) is 0 Å². The van der Waals surface area contributed by atoms with Gasteiger partial charge in [0, 0.05) is 18.2 Å². The van der Waals surface area contributed by atoms with Crippen LogP contribution in [0.4, 0.5) is 0 Å². The Bertz CT molecular complexity index is 700. The molecule has 2 aromatic rings. The van der Waals surface area contributed by atoms with E-state index in [-0.39, 0.29) is 24.4 Å². The maximum atomic E-state index is 12.9. The fraction of sp³-hybridized carbons (Fsp3) is 0.381. The van der Waals surface area contributed by atoms with E-state index < -0.39 is 6.10 Å². The molecule has 1 aliphatic rings. The Morgan fingerprint density at radius 1 is 1.12 bits per heavy atom. The van der Waals surface area contributed by atoms with Crippen LogP contribution < -0.4 is 15.4 Å². The van der Waals surface area contributed by atoms with Crippen molar-refractivity contribution >= 4 is 18.3 Å². The Hall–Kier alpha value is -2.04. The van der Waals surface area contributed by atoms with Gasteiger partial charge < -0.3 is 15.4 Å². The van der Waals surface area contributed by atoms with Crippen LogP contribution in [0.3, 0.4) is 0 Å². The molecular weight excluding hydrogens is 348 g/mol. The van der Waals surface area contributed by atoms with E-state index in [4.69, 9.17) is 4.74 Å². The molecule has 1 fully saturated rings. The van der Waals surface area contributed by atoms with Crippen molar-refractivity contribution in [2.75, 3.05) is 13.1 Å². The van der Waals surface area contributed by atoms with E-state index in [1.54, 1.807) is 0 Å². The maximum absolute atomic E-state index is 12.9. The van der Waals surface area contributed by atoms with Gasteiger partial charge >= 0.3 is 0 Å². The second-order valence-electron chi connectivity index (χ2n) is 6.83. The highest BCUT2D eigenvalue weighted by atomic mass is 35.5. The fourth-order valence-corrected chi connectivity index (χ4v) is 3.04. The van der Waals surface area contributed by atoms with Gasteiger partial charge in [0.1, 0.15) is 5.75 Å². The smallest absolute Gasteiger partial charge is 0.266 e. The van der Waals surface area contributed by atoms with Crippen LogP contribution in [0.5, 0.6) is 5.75 Å². The lowest BCUT2D eigenvalue weighted by molar-refractivity contribution is -0.128. The third-order valence-electron chi connectivity index (χ3n) is 4.53. The highest BCUT2D eigenvalue weighted by Gasteiger charge is 2.26. The van der Waals surface area contributed by atoms with E-state index in [1.807, 2.05) is 48.5 Å². The van der Waals surface area contributed by atoms with Crippen LogP contribution in [0.1, 0.15) is 43.4 Å². The molecule has 140 valence electrons. The summed E-state index contributed by atoms with van der Waals surface area (Å²) in [6, 6.07) is 17.8. The molecule has 2 unspecified atom stereocenters. The van der Waals surface area contributed by atoms with Crippen LogP contribution in [-0.4, -0.2) is 25.0 Å². The Balaban J connectivity index is 0.00000243. The molecule has 1 aliphatic heterocycles. The average Bonchev–Trinajstić information content (AvgIpc) is 3.13. The summed E-state index contributed by atoms with van der Waals surface area (Å²) >= 11 is 0. The predicted molar refractivity (Wildman–Crippen MR) is 107 cm³/mol. The third kappa shape index (κ3) is 5.23. The first-order chi connectivity index (χ1) is 12.1. The minimum absolute atomic E-state index is 0. The molecule has 5 heteroatoms. The van der Waals surface area contributed by atoms with Crippen molar-refractivity contribution in [3.05, 3.63) is 65.7 Å². The summed E-state index contributed by atoms with van der Waals surface area (Å²) in [5.74, 6) is 1.05. The van der Waals surface area contributed by atoms with Gasteiger partial charge in [-0.3, -0.25) is 4.79 Å². The van der Waals surface area contributed by atoms with E-state index in [9.17, 15) is 4.79 Å². The molecule has 0 aliphatic carbocycles. The lowest BCUT2D eigenvalue weighted by atomic mass is 10.0. The first-order valence-electron chi connectivity index (χ1n) is 8.96. The van der Waals surface area contributed by atoms with E-state index in [2.05, 4.69) is 30.5 Å². The van der Waals surface area contributed by atoms with E-state index in [0.717, 1.165) is 30.8 Å². The lowest BCUT2D eigenvalue weighted by Crippen LogP contribution is -2.40. The lowest BCUT2D eigenvalue weighted by Gasteiger charge is -2.22. The number of benzene rings is 2. The molecule has 26 heavy (non-hydrogen) atoms. The van der Waals surface area contributed by atoms with E-state index in [1.165, 1.54) is 5.56 Å². The largest absolute Gasteiger partial charge is 0.476 e. The van der Waals surface area contributed by atoms with Gasteiger partial charge in [-0.1, -0.05) is 56.3 Å². The Kier molecular flexibility index (Phi) is 7.49. The Morgan fingerprint density at radius 3 is 2.50 bits per heavy atom. The van der Waals surface area contributed by atoms with Crippen LogP contribution >= 0.6 is 12.4 Å². The normalized spacial score (nSPS) is 17.4. The number of carbonyl (C=O) groups is 1. The molecule has 2 aromatic carbocycles. The zero-order valence-corrected chi connectivity index (χ0v) is 16.1. The van der Waals surface area contributed by atoms with Crippen LogP contribution in [-0.2, 0) is 4.79 Å². The Labute approximate surface area is 161 Å². The Morgan fingerprint density at radius 2 is 1.85 bits per heavy atom. The molecule has 4 nitrogen and oxygen atoms in total. The van der Waals surface area contributed by atoms with Crippen molar-refractivity contribution in [3.8, 4) is 5.75 Å². The quantitative estimate of drug-likeness (QED) is 0.807. The monoisotopic (exact) mass is 374 g/mol. The standard InChI is InChI=1S/C21H26N2O2.ClH/c1-15(2)17-9-6-10-19(13-17)25-20(16-7-4-3-5-8-16)21(24)23-18-11-12-22-14-18;/h3-10,13,15,18,20,22H,11-12,14H2,1-2H3,(H,23,24);1H. The highest BCUT2D eigenvalue weighted by Crippen LogP contribution is 2.26. The first kappa shape index (κ1) is 20.3. The molecule has 0 saturated carbocycles. The van der Waals surface area contributed by atoms with Gasteiger partial charge in [0.25, 0.3) is 5.91 Å². The number of hydrogen-bond acceptors (Lipinski definition) is 3. The van der Waals surface area contributed by atoms with Gasteiger partial charge in [0.2, 0.25) is 6.10 Å². The van der Waals surface area contributed by atoms with Gasteiger partial charge in [0.05, 0.1) is 0 Å². The molecule has 2 atom stereocenters. The summed E-state index contributed by atoms with van der Waals surface area (Å²) in [6.45, 7) is 6.05. The van der Waals surface area contributed by atoms with Gasteiger partial charge in [-0.15, -0.1) is 12.4 Å². The average molecular weight is 375 g/mol. The molecule has 0 aromatic heterocycles. The summed E-state index contributed by atoms with van der Waals surface area (Å²) in [5, 5.41) is 6.38. The molecule has 2 N–H and O–H groups in total. The van der Waals surface area contributed by atoms with Crippen molar-refractivity contribution in [3.63, 3.8) is 0 Å². The summed E-state index contributed by atoms with van der Waals surface area (Å²) in [6.07, 6.45) is 0.306. The van der Waals surface area contributed by atoms with Crippen molar-refractivity contribution in [1.82, 2.24) is 10.6 Å². The van der Waals surface area contributed by atoms with Gasteiger partial charge in [-0.2, -0.15) is 0 Å². The minimum Gasteiger partial charge on any atom is -0.476 e. The maximum Gasteiger partial charge on any atom is 0.266 e. The number of rotatable bonds is 6. The summed E-state index contributed by atoms with van der Waals surface area (Å²) in [4.78, 5) is 12.9. The number of hydrogen-bond donors (Lipinski definition) is 2. The number of halogens is 1. The van der Waals surface area contributed by atoms with Crippen molar-refractivity contribution in [2.45, 2.75) is 38.3 Å². The second kappa shape index (κ2) is 9.60. The second-order valence-corrected chi connectivity index (χ2v) is 6.83. The zero-order valence-electron chi connectivity index (χ0n) is 15.3. The molecule has 0 spiro atoms. The van der Waals surface area contributed by atoms with Crippen LogP contribution in [0.25, 0.3) is 0 Å². The summed E-state index contributed by atoms with van der Waals surface area (Å²) in [7, 11) is 0. The fourth-order valence-electron chi connectivity index (χ4n) is 3.04. The minimum atomic E-state index is -0.649. The van der Waals surface area contributed by atoms with Crippen molar-refractivity contribution in [2.24, 2.45) is 0 Å². The van der Waals surface area contributed by atoms with Crippen LogP contribution in [0, 0.1) is 0 Å². The van der Waals surface area contributed by atoms with Gasteiger partial charge in [-0.25, -0.2) is 0 Å². The molecule has 1 saturated heterocycles. The SMILES string of the molecule is CC(C)c1cccc(OC(C(=O)NC2CCNC2)c2ccccc2)c1.Cl. The van der Waals surface area contributed by atoms with Gasteiger partial charge in [-0.05, 0) is 36.6 Å². The number of nitrogens with one attached hydrogen (secondary N) is 2. The zero-order chi connectivity index (χ0) is 17.6. The van der Waals surface area contributed by atoms with E-state index in [0.29, 0.717) is 5.92 Å².